The first-order valence-electron chi connectivity index (χ1n) is 12.0. The van der Waals surface area contributed by atoms with Crippen molar-refractivity contribution in [1.29, 1.82) is 0 Å². The number of rotatable bonds is 8. The molecule has 0 spiro atoms. The van der Waals surface area contributed by atoms with Crippen molar-refractivity contribution < 1.29 is 0 Å². The fourth-order valence-corrected chi connectivity index (χ4v) is 4.92. The van der Waals surface area contributed by atoms with Crippen LogP contribution in [0, 0.1) is 6.92 Å². The molecular formula is C27H35ClN6. The molecule has 1 fully saturated rings. The van der Waals surface area contributed by atoms with Crippen molar-refractivity contribution in [1.82, 2.24) is 19.5 Å². The summed E-state index contributed by atoms with van der Waals surface area (Å²) in [6, 6.07) is 10.1. The highest BCUT2D eigenvalue weighted by atomic mass is 35.5. The number of nitrogens with zero attached hydrogens (tertiary/aromatic N) is 4. The number of pyridine rings is 1. The zero-order chi connectivity index (χ0) is 24.4. The van der Waals surface area contributed by atoms with Gasteiger partial charge in [-0.1, -0.05) is 50.2 Å². The van der Waals surface area contributed by atoms with Gasteiger partial charge in [-0.2, -0.15) is 0 Å². The molecule has 3 aromatic rings. The molecule has 0 saturated carbocycles. The monoisotopic (exact) mass is 478 g/mol. The van der Waals surface area contributed by atoms with E-state index in [1.54, 1.807) is 4.68 Å². The summed E-state index contributed by atoms with van der Waals surface area (Å²) in [5, 5.41) is 1.57. The summed E-state index contributed by atoms with van der Waals surface area (Å²) < 4.78 is 1.62. The van der Waals surface area contributed by atoms with Gasteiger partial charge >= 0.3 is 0 Å². The van der Waals surface area contributed by atoms with Crippen LogP contribution in [0.4, 0.5) is 0 Å². The van der Waals surface area contributed by atoms with Crippen molar-refractivity contribution in [2.75, 3.05) is 32.0 Å². The Morgan fingerprint density at radius 3 is 2.47 bits per heavy atom. The molecule has 2 aromatic heterocycles. The minimum atomic E-state index is 0.324. The Hall–Kier alpha value is -2.96. The van der Waals surface area contributed by atoms with Gasteiger partial charge in [0.05, 0.1) is 21.9 Å². The molecule has 4 N–H and O–H groups in total. The molecule has 4 rings (SSSR count). The van der Waals surface area contributed by atoms with E-state index in [2.05, 4.69) is 42.0 Å². The predicted octanol–water partition coefficient (Wildman–Crippen LogP) is 5.13. The van der Waals surface area contributed by atoms with Gasteiger partial charge in [0.2, 0.25) is 0 Å². The van der Waals surface area contributed by atoms with E-state index in [4.69, 9.17) is 28.2 Å². The summed E-state index contributed by atoms with van der Waals surface area (Å²) in [7, 11) is 0. The van der Waals surface area contributed by atoms with Crippen molar-refractivity contribution in [2.45, 2.75) is 39.7 Å². The Morgan fingerprint density at radius 1 is 1.09 bits per heavy atom. The second kappa shape index (κ2) is 10.1. The number of unbranched alkanes of at least 4 members (excludes halogenated alkanes) is 1. The second-order valence-corrected chi connectivity index (χ2v) is 9.44. The molecule has 1 aromatic carbocycles. The second-order valence-electron chi connectivity index (χ2n) is 9.03. The molecule has 0 radical (unpaired) electrons. The van der Waals surface area contributed by atoms with Gasteiger partial charge in [0.1, 0.15) is 0 Å². The number of hydrogen-bond donors (Lipinski definition) is 2. The molecule has 0 amide bonds. The van der Waals surface area contributed by atoms with Crippen molar-refractivity contribution in [3.63, 3.8) is 0 Å². The van der Waals surface area contributed by atoms with Gasteiger partial charge in [0, 0.05) is 60.8 Å². The quantitative estimate of drug-likeness (QED) is 0.439. The molecule has 34 heavy (non-hydrogen) atoms. The fraction of sp³-hybridized carbons (Fsp3) is 0.370. The number of piperazine rings is 1. The number of halogens is 1. The Kier molecular flexibility index (Phi) is 7.19. The number of aromatic nitrogens is 2. The van der Waals surface area contributed by atoms with E-state index in [9.17, 15) is 0 Å². The number of aryl methyl sites for hydroxylation is 1. The van der Waals surface area contributed by atoms with E-state index in [1.165, 1.54) is 18.5 Å². The van der Waals surface area contributed by atoms with Crippen molar-refractivity contribution in [3.05, 3.63) is 71.2 Å². The van der Waals surface area contributed by atoms with Crippen LogP contribution in [0.3, 0.4) is 0 Å². The lowest BCUT2D eigenvalue weighted by molar-refractivity contribution is 0.209. The van der Waals surface area contributed by atoms with Gasteiger partial charge in [-0.05, 0) is 43.5 Å². The maximum Gasteiger partial charge on any atom is 0.0744 e. The third kappa shape index (κ3) is 4.65. The molecule has 1 saturated heterocycles. The minimum absolute atomic E-state index is 0.324. The lowest BCUT2D eigenvalue weighted by Gasteiger charge is -2.39. The predicted molar refractivity (Wildman–Crippen MR) is 144 cm³/mol. The Bertz CT molecular complexity index is 1220. The SMILES string of the molecule is C=C(CCCC)N1CCN(C(=C)c2ccc3c(Cl)cc(-c4cc(C)n(N)c4CN)nc3c2)CC1. The van der Waals surface area contributed by atoms with Crippen LogP contribution >= 0.6 is 11.6 Å². The van der Waals surface area contributed by atoms with Gasteiger partial charge in [-0.3, -0.25) is 4.68 Å². The van der Waals surface area contributed by atoms with Crippen LogP contribution < -0.4 is 11.6 Å². The molecule has 180 valence electrons. The topological polar surface area (TPSA) is 76.3 Å². The normalized spacial score (nSPS) is 14.1. The van der Waals surface area contributed by atoms with Crippen LogP contribution in [-0.4, -0.2) is 45.6 Å². The maximum atomic E-state index is 6.66. The first-order chi connectivity index (χ1) is 16.3. The van der Waals surface area contributed by atoms with E-state index in [1.807, 2.05) is 25.1 Å². The molecule has 1 aliphatic heterocycles. The average Bonchev–Trinajstić information content (AvgIpc) is 3.15. The summed E-state index contributed by atoms with van der Waals surface area (Å²) in [5.74, 6) is 6.15. The van der Waals surface area contributed by atoms with Gasteiger partial charge < -0.3 is 21.4 Å². The lowest BCUT2D eigenvalue weighted by Crippen LogP contribution is -2.44. The highest BCUT2D eigenvalue weighted by Gasteiger charge is 2.20. The van der Waals surface area contributed by atoms with Gasteiger partial charge in [0.25, 0.3) is 0 Å². The molecule has 0 aliphatic carbocycles. The minimum Gasteiger partial charge on any atom is -0.372 e. The summed E-state index contributed by atoms with van der Waals surface area (Å²) in [5.41, 5.74) is 13.6. The van der Waals surface area contributed by atoms with Crippen LogP contribution in [0.5, 0.6) is 0 Å². The number of benzene rings is 1. The largest absolute Gasteiger partial charge is 0.372 e. The summed E-state index contributed by atoms with van der Waals surface area (Å²) in [6.07, 6.45) is 3.47. The summed E-state index contributed by atoms with van der Waals surface area (Å²) >= 11 is 6.66. The highest BCUT2D eigenvalue weighted by molar-refractivity contribution is 6.35. The number of fused-ring (bicyclic) bond motifs is 1. The Morgan fingerprint density at radius 2 is 1.79 bits per heavy atom. The zero-order valence-electron chi connectivity index (χ0n) is 20.3. The van der Waals surface area contributed by atoms with Gasteiger partial charge in [-0.15, -0.1) is 0 Å². The smallest absolute Gasteiger partial charge is 0.0744 e. The van der Waals surface area contributed by atoms with E-state index in [0.717, 1.165) is 77.4 Å². The van der Waals surface area contributed by atoms with Crippen LogP contribution in [0.25, 0.3) is 27.9 Å². The standard InChI is InChI=1S/C27H35ClN6/c1-5-6-7-18(2)32-10-12-33(13-11-32)20(4)21-8-9-22-24(28)16-26(31-25(22)15-21)23-14-19(3)34(30)27(23)17-29/h8-9,14-16H,2,4-7,10-13,17,29-30H2,1,3H3. The lowest BCUT2D eigenvalue weighted by atomic mass is 10.1. The van der Waals surface area contributed by atoms with Crippen LogP contribution in [0.2, 0.25) is 5.02 Å². The number of hydrogen-bond acceptors (Lipinski definition) is 5. The van der Waals surface area contributed by atoms with E-state index in [-0.39, 0.29) is 0 Å². The van der Waals surface area contributed by atoms with Crippen molar-refractivity contribution >= 4 is 28.2 Å². The first kappa shape index (κ1) is 24.2. The molecular weight excluding hydrogens is 444 g/mol. The Labute approximate surface area is 207 Å². The summed E-state index contributed by atoms with van der Waals surface area (Å²) in [6.45, 7) is 17.0. The van der Waals surface area contributed by atoms with E-state index < -0.39 is 0 Å². The third-order valence-corrected chi connectivity index (χ3v) is 7.14. The third-order valence-electron chi connectivity index (χ3n) is 6.82. The molecule has 0 atom stereocenters. The fourth-order valence-electron chi connectivity index (χ4n) is 4.65. The molecule has 6 nitrogen and oxygen atoms in total. The first-order valence-corrected chi connectivity index (χ1v) is 12.4. The average molecular weight is 479 g/mol. The molecule has 7 heteroatoms. The van der Waals surface area contributed by atoms with Crippen LogP contribution in [-0.2, 0) is 6.54 Å². The maximum absolute atomic E-state index is 6.66. The summed E-state index contributed by atoms with van der Waals surface area (Å²) in [4.78, 5) is 9.69. The number of nitrogens with two attached hydrogens (primary N) is 2. The van der Waals surface area contributed by atoms with Crippen LogP contribution in [0.1, 0.15) is 43.1 Å². The van der Waals surface area contributed by atoms with Crippen molar-refractivity contribution in [3.8, 4) is 11.3 Å². The molecule has 0 bridgehead atoms. The molecule has 3 heterocycles. The van der Waals surface area contributed by atoms with Gasteiger partial charge in [-0.25, -0.2) is 4.98 Å². The Balaban J connectivity index is 1.57. The van der Waals surface area contributed by atoms with E-state index >= 15 is 0 Å². The zero-order valence-corrected chi connectivity index (χ0v) is 21.0. The van der Waals surface area contributed by atoms with Gasteiger partial charge in [0.15, 0.2) is 0 Å². The highest BCUT2D eigenvalue weighted by Crippen LogP contribution is 2.33. The molecule has 1 aliphatic rings. The number of allylic oxidation sites excluding steroid dienone is 1. The van der Waals surface area contributed by atoms with Crippen molar-refractivity contribution in [2.24, 2.45) is 5.73 Å². The number of nitrogen functional groups attached to an aromatic ring is 1. The van der Waals surface area contributed by atoms with Crippen LogP contribution in [0.15, 0.2) is 49.2 Å². The van der Waals surface area contributed by atoms with E-state index in [0.29, 0.717) is 11.6 Å². The molecule has 0 unspecified atom stereocenters.